The molecule has 1 heterocycles. The Labute approximate surface area is 122 Å². The van der Waals surface area contributed by atoms with Crippen LogP contribution in [0.1, 0.15) is 11.5 Å². The van der Waals surface area contributed by atoms with E-state index in [2.05, 4.69) is 10.5 Å². The van der Waals surface area contributed by atoms with E-state index in [4.69, 9.17) is 13.9 Å². The summed E-state index contributed by atoms with van der Waals surface area (Å²) < 4.78 is 15.8. The highest BCUT2D eigenvalue weighted by Gasteiger charge is 2.05. The summed E-state index contributed by atoms with van der Waals surface area (Å²) in [5, 5.41) is 3.78. The van der Waals surface area contributed by atoms with Crippen LogP contribution in [-0.2, 0) is 4.79 Å². The molecule has 0 aliphatic carbocycles. The Balaban J connectivity index is 1.81. The minimum absolute atomic E-state index is 0.158. The van der Waals surface area contributed by atoms with E-state index >= 15 is 0 Å². The van der Waals surface area contributed by atoms with Crippen LogP contribution in [0.4, 0.5) is 0 Å². The van der Waals surface area contributed by atoms with Gasteiger partial charge in [0.25, 0.3) is 5.91 Å². The van der Waals surface area contributed by atoms with Gasteiger partial charge in [0.05, 0.1) is 13.3 Å². The highest BCUT2D eigenvalue weighted by atomic mass is 16.5. The molecule has 0 unspecified atom stereocenters. The van der Waals surface area contributed by atoms with Gasteiger partial charge in [0.2, 0.25) is 0 Å². The fourth-order valence-corrected chi connectivity index (χ4v) is 1.60. The average molecular weight is 288 g/mol. The Bertz CT molecular complexity index is 634. The molecule has 21 heavy (non-hydrogen) atoms. The Morgan fingerprint density at radius 1 is 1.29 bits per heavy atom. The predicted molar refractivity (Wildman–Crippen MR) is 77.7 cm³/mol. The smallest absolute Gasteiger partial charge is 0.277 e. The van der Waals surface area contributed by atoms with E-state index in [1.807, 2.05) is 19.1 Å². The molecule has 1 aromatic heterocycles. The highest BCUT2D eigenvalue weighted by Crippen LogP contribution is 2.25. The van der Waals surface area contributed by atoms with Gasteiger partial charge in [-0.2, -0.15) is 5.10 Å². The molecule has 0 saturated heterocycles. The van der Waals surface area contributed by atoms with Crippen molar-refractivity contribution in [3.05, 3.63) is 47.9 Å². The van der Waals surface area contributed by atoms with Crippen LogP contribution in [0.25, 0.3) is 0 Å². The molecule has 0 fully saturated rings. The molecule has 1 N–H and O–H groups in total. The second-order valence-corrected chi connectivity index (χ2v) is 4.18. The van der Waals surface area contributed by atoms with Gasteiger partial charge in [-0.3, -0.25) is 4.79 Å². The van der Waals surface area contributed by atoms with Crippen molar-refractivity contribution < 1.29 is 18.7 Å². The minimum atomic E-state index is -0.375. The highest BCUT2D eigenvalue weighted by molar-refractivity contribution is 5.81. The van der Waals surface area contributed by atoms with E-state index in [-0.39, 0.29) is 12.5 Å². The fourth-order valence-electron chi connectivity index (χ4n) is 1.60. The number of furan rings is 1. The Hall–Kier alpha value is -2.76. The monoisotopic (exact) mass is 288 g/mol. The van der Waals surface area contributed by atoms with E-state index in [0.29, 0.717) is 17.3 Å². The van der Waals surface area contributed by atoms with Crippen LogP contribution in [-0.4, -0.2) is 25.8 Å². The molecule has 0 spiro atoms. The number of aryl methyl sites for hydroxylation is 1. The predicted octanol–water partition coefficient (Wildman–Crippen LogP) is 2.13. The summed E-state index contributed by atoms with van der Waals surface area (Å²) >= 11 is 0. The molecule has 6 nitrogen and oxygen atoms in total. The number of nitrogens with zero attached hydrogens (tertiary/aromatic N) is 1. The second kappa shape index (κ2) is 7.14. The van der Waals surface area contributed by atoms with Crippen LogP contribution in [0.2, 0.25) is 0 Å². The Morgan fingerprint density at radius 3 is 2.71 bits per heavy atom. The van der Waals surface area contributed by atoms with Gasteiger partial charge in [-0.25, -0.2) is 5.43 Å². The van der Waals surface area contributed by atoms with Gasteiger partial charge in [0, 0.05) is 0 Å². The normalized spacial score (nSPS) is 10.6. The third kappa shape index (κ3) is 4.38. The SMILES string of the molecule is COc1ccccc1OCC(=O)NN=Cc1ccc(C)o1. The number of hydrogen-bond donors (Lipinski definition) is 1. The lowest BCUT2D eigenvalue weighted by Crippen LogP contribution is -2.24. The number of benzene rings is 1. The van der Waals surface area contributed by atoms with Crippen molar-refractivity contribution in [2.75, 3.05) is 13.7 Å². The number of rotatable bonds is 6. The van der Waals surface area contributed by atoms with Gasteiger partial charge < -0.3 is 13.9 Å². The molecule has 110 valence electrons. The minimum Gasteiger partial charge on any atom is -0.493 e. The third-order valence-corrected chi connectivity index (χ3v) is 2.57. The first-order valence-electron chi connectivity index (χ1n) is 6.33. The summed E-state index contributed by atoms with van der Waals surface area (Å²) in [6.45, 7) is 1.67. The largest absolute Gasteiger partial charge is 0.493 e. The van der Waals surface area contributed by atoms with Gasteiger partial charge in [0.1, 0.15) is 11.5 Å². The summed E-state index contributed by atoms with van der Waals surface area (Å²) in [5.74, 6) is 2.04. The molecule has 0 atom stereocenters. The molecule has 1 aromatic carbocycles. The zero-order chi connectivity index (χ0) is 15.1. The molecular formula is C15H16N2O4. The lowest BCUT2D eigenvalue weighted by Gasteiger charge is -2.08. The summed E-state index contributed by atoms with van der Waals surface area (Å²) in [6, 6.07) is 10.7. The van der Waals surface area contributed by atoms with Gasteiger partial charge in [0.15, 0.2) is 18.1 Å². The zero-order valence-corrected chi connectivity index (χ0v) is 11.8. The van der Waals surface area contributed by atoms with Crippen molar-refractivity contribution in [3.63, 3.8) is 0 Å². The van der Waals surface area contributed by atoms with E-state index in [1.54, 1.807) is 24.3 Å². The number of nitrogens with one attached hydrogen (secondary N) is 1. The third-order valence-electron chi connectivity index (χ3n) is 2.57. The average Bonchev–Trinajstić information content (AvgIpc) is 2.91. The number of carbonyl (C=O) groups is 1. The van der Waals surface area contributed by atoms with Crippen molar-refractivity contribution in [1.29, 1.82) is 0 Å². The molecule has 0 saturated carbocycles. The lowest BCUT2D eigenvalue weighted by molar-refractivity contribution is -0.123. The van der Waals surface area contributed by atoms with Gasteiger partial charge in [-0.05, 0) is 31.2 Å². The van der Waals surface area contributed by atoms with E-state index < -0.39 is 0 Å². The van der Waals surface area contributed by atoms with Gasteiger partial charge in [-0.1, -0.05) is 12.1 Å². The first kappa shape index (κ1) is 14.6. The van der Waals surface area contributed by atoms with Crippen LogP contribution in [0.15, 0.2) is 45.9 Å². The van der Waals surface area contributed by atoms with E-state index in [9.17, 15) is 4.79 Å². The number of hydrazone groups is 1. The van der Waals surface area contributed by atoms with Crippen molar-refractivity contribution in [1.82, 2.24) is 5.43 Å². The summed E-state index contributed by atoms with van der Waals surface area (Å²) in [4.78, 5) is 11.6. The van der Waals surface area contributed by atoms with Crippen LogP contribution in [0, 0.1) is 6.92 Å². The van der Waals surface area contributed by atoms with Crippen LogP contribution in [0.3, 0.4) is 0 Å². The molecule has 2 rings (SSSR count). The lowest BCUT2D eigenvalue weighted by atomic mass is 10.3. The van der Waals surface area contributed by atoms with E-state index in [0.717, 1.165) is 5.76 Å². The molecule has 1 amide bonds. The maximum Gasteiger partial charge on any atom is 0.277 e. The van der Waals surface area contributed by atoms with Gasteiger partial charge in [-0.15, -0.1) is 0 Å². The second-order valence-electron chi connectivity index (χ2n) is 4.18. The first-order chi connectivity index (χ1) is 10.2. The van der Waals surface area contributed by atoms with Crippen LogP contribution >= 0.6 is 0 Å². The van der Waals surface area contributed by atoms with Crippen molar-refractivity contribution in [2.45, 2.75) is 6.92 Å². The standard InChI is InChI=1S/C15H16N2O4/c1-11-7-8-12(21-11)9-16-17-15(18)10-20-14-6-4-3-5-13(14)19-2/h3-9H,10H2,1-2H3,(H,17,18). The van der Waals surface area contributed by atoms with E-state index in [1.165, 1.54) is 13.3 Å². The molecule has 0 aliphatic rings. The molecule has 0 aliphatic heterocycles. The Kier molecular flexibility index (Phi) is 4.98. The quantitative estimate of drug-likeness (QED) is 0.653. The van der Waals surface area contributed by atoms with Crippen LogP contribution < -0.4 is 14.9 Å². The molecule has 0 bridgehead atoms. The van der Waals surface area contributed by atoms with Crippen molar-refractivity contribution in [3.8, 4) is 11.5 Å². The van der Waals surface area contributed by atoms with Crippen LogP contribution in [0.5, 0.6) is 11.5 Å². The summed E-state index contributed by atoms with van der Waals surface area (Å²) in [6.07, 6.45) is 1.42. The summed E-state index contributed by atoms with van der Waals surface area (Å²) in [5.41, 5.74) is 2.35. The number of hydrogen-bond acceptors (Lipinski definition) is 5. The van der Waals surface area contributed by atoms with Gasteiger partial charge >= 0.3 is 0 Å². The number of carbonyl (C=O) groups excluding carboxylic acids is 1. The zero-order valence-electron chi connectivity index (χ0n) is 11.8. The topological polar surface area (TPSA) is 73.1 Å². The fraction of sp³-hybridized carbons (Fsp3) is 0.200. The maximum atomic E-state index is 11.6. The molecule has 0 radical (unpaired) electrons. The maximum absolute atomic E-state index is 11.6. The number of ether oxygens (including phenoxy) is 2. The first-order valence-corrected chi connectivity index (χ1v) is 6.33. The van der Waals surface area contributed by atoms with Crippen molar-refractivity contribution in [2.24, 2.45) is 5.10 Å². The Morgan fingerprint density at radius 2 is 2.05 bits per heavy atom. The summed E-state index contributed by atoms with van der Waals surface area (Å²) in [7, 11) is 1.54. The molecule has 6 heteroatoms. The molecular weight excluding hydrogens is 272 g/mol. The number of methoxy groups -OCH3 is 1. The number of amides is 1. The van der Waals surface area contributed by atoms with Crippen molar-refractivity contribution >= 4 is 12.1 Å². The molecule has 2 aromatic rings. The number of para-hydroxylation sites is 2.